The summed E-state index contributed by atoms with van der Waals surface area (Å²) in [5.74, 6) is 0.202. The Kier molecular flexibility index (Phi) is 7.83. The third-order valence-corrected chi connectivity index (χ3v) is 5.51. The van der Waals surface area contributed by atoms with Gasteiger partial charge in [-0.05, 0) is 69.2 Å². The molecule has 3 nitrogen and oxygen atoms in total. The molecule has 0 atom stereocenters. The molecule has 0 radical (unpaired) electrons. The Morgan fingerprint density at radius 2 is 1.89 bits per heavy atom. The van der Waals surface area contributed by atoms with Crippen LogP contribution in [0.2, 0.25) is 0 Å². The van der Waals surface area contributed by atoms with Crippen molar-refractivity contribution >= 4 is 23.3 Å². The molecule has 1 aromatic carbocycles. The van der Waals surface area contributed by atoms with Crippen molar-refractivity contribution in [2.75, 3.05) is 18.1 Å². The summed E-state index contributed by atoms with van der Waals surface area (Å²) in [5, 5.41) is 0. The van der Waals surface area contributed by atoms with E-state index in [1.54, 1.807) is 6.92 Å². The SMILES string of the molecule is CCOC(=O)CC1CCC(N(CC)c2ccc(C(F)(F)F)cc2CCl)CC1. The van der Waals surface area contributed by atoms with Crippen molar-refractivity contribution in [3.8, 4) is 0 Å². The fraction of sp³-hybridized carbons (Fsp3) is 0.650. The van der Waals surface area contributed by atoms with Crippen LogP contribution in [-0.4, -0.2) is 25.2 Å². The molecule has 1 aromatic rings. The molecule has 0 N–H and O–H groups in total. The minimum Gasteiger partial charge on any atom is -0.466 e. The largest absolute Gasteiger partial charge is 0.466 e. The second-order valence-corrected chi connectivity index (χ2v) is 7.21. The molecule has 0 aliphatic heterocycles. The van der Waals surface area contributed by atoms with E-state index in [9.17, 15) is 18.0 Å². The number of carbonyl (C=O) groups is 1. The van der Waals surface area contributed by atoms with Crippen LogP contribution in [-0.2, 0) is 21.6 Å². The van der Waals surface area contributed by atoms with Crippen molar-refractivity contribution in [1.82, 2.24) is 0 Å². The highest BCUT2D eigenvalue weighted by atomic mass is 35.5. The van der Waals surface area contributed by atoms with Crippen molar-refractivity contribution in [3.05, 3.63) is 29.3 Å². The van der Waals surface area contributed by atoms with E-state index in [1.165, 1.54) is 6.07 Å². The lowest BCUT2D eigenvalue weighted by Gasteiger charge is -2.38. The summed E-state index contributed by atoms with van der Waals surface area (Å²) in [6, 6.07) is 4.05. The third kappa shape index (κ3) is 5.77. The number of anilines is 1. The maximum Gasteiger partial charge on any atom is 0.416 e. The first-order valence-corrected chi connectivity index (χ1v) is 10.0. The minimum atomic E-state index is -4.37. The molecule has 152 valence electrons. The minimum absolute atomic E-state index is 0.0357. The van der Waals surface area contributed by atoms with E-state index in [0.717, 1.165) is 43.5 Å². The maximum atomic E-state index is 13.0. The fourth-order valence-corrected chi connectivity index (χ4v) is 4.10. The predicted molar refractivity (Wildman–Crippen MR) is 101 cm³/mol. The number of carbonyl (C=O) groups excluding carboxylic acids is 1. The number of rotatable bonds is 7. The van der Waals surface area contributed by atoms with Gasteiger partial charge in [-0.25, -0.2) is 0 Å². The summed E-state index contributed by atoms with van der Waals surface area (Å²) < 4.78 is 44.0. The topological polar surface area (TPSA) is 29.5 Å². The second kappa shape index (κ2) is 9.67. The number of benzene rings is 1. The van der Waals surface area contributed by atoms with E-state index in [4.69, 9.17) is 16.3 Å². The van der Waals surface area contributed by atoms with E-state index in [1.807, 2.05) is 6.92 Å². The van der Waals surface area contributed by atoms with Crippen molar-refractivity contribution in [1.29, 1.82) is 0 Å². The zero-order valence-electron chi connectivity index (χ0n) is 15.8. The van der Waals surface area contributed by atoms with Gasteiger partial charge in [0.05, 0.1) is 12.2 Å². The van der Waals surface area contributed by atoms with Crippen molar-refractivity contribution in [3.63, 3.8) is 0 Å². The number of halogens is 4. The van der Waals surface area contributed by atoms with Gasteiger partial charge in [0.25, 0.3) is 0 Å². The number of alkyl halides is 4. The summed E-state index contributed by atoms with van der Waals surface area (Å²) in [6.45, 7) is 4.89. The smallest absolute Gasteiger partial charge is 0.416 e. The molecule has 1 fully saturated rings. The van der Waals surface area contributed by atoms with E-state index < -0.39 is 11.7 Å². The molecule has 0 bridgehead atoms. The van der Waals surface area contributed by atoms with Gasteiger partial charge in [0.15, 0.2) is 0 Å². The Hall–Kier alpha value is -1.43. The molecular weight excluding hydrogens is 379 g/mol. The lowest BCUT2D eigenvalue weighted by Crippen LogP contribution is -2.39. The molecule has 7 heteroatoms. The summed E-state index contributed by atoms with van der Waals surface area (Å²) in [4.78, 5) is 13.8. The van der Waals surface area contributed by atoms with Gasteiger partial charge >= 0.3 is 12.1 Å². The Labute approximate surface area is 163 Å². The highest BCUT2D eigenvalue weighted by Gasteiger charge is 2.32. The average Bonchev–Trinajstić information content (AvgIpc) is 2.63. The van der Waals surface area contributed by atoms with Gasteiger partial charge < -0.3 is 9.64 Å². The molecule has 2 rings (SSSR count). The Morgan fingerprint density at radius 1 is 1.22 bits per heavy atom. The van der Waals surface area contributed by atoms with E-state index >= 15 is 0 Å². The van der Waals surface area contributed by atoms with Crippen LogP contribution in [0.4, 0.5) is 18.9 Å². The fourth-order valence-electron chi connectivity index (χ4n) is 3.89. The zero-order chi connectivity index (χ0) is 20.0. The molecule has 1 saturated carbocycles. The molecule has 0 unspecified atom stereocenters. The summed E-state index contributed by atoms with van der Waals surface area (Å²) in [7, 11) is 0. The first-order chi connectivity index (χ1) is 12.8. The standard InChI is InChI=1S/C20H27ClF3NO2/c1-3-25(17-8-5-14(6-9-17)11-19(26)27-4-2)18-10-7-16(20(22,23)24)12-15(18)13-21/h7,10,12,14,17H,3-6,8-9,11,13H2,1-2H3. The van der Waals surface area contributed by atoms with Crippen LogP contribution in [0.1, 0.15) is 57.1 Å². The monoisotopic (exact) mass is 405 g/mol. The van der Waals surface area contributed by atoms with Crippen LogP contribution in [0, 0.1) is 5.92 Å². The van der Waals surface area contributed by atoms with E-state index in [2.05, 4.69) is 4.90 Å². The zero-order valence-corrected chi connectivity index (χ0v) is 16.6. The summed E-state index contributed by atoms with van der Waals surface area (Å²) in [6.07, 6.45) is -0.295. The van der Waals surface area contributed by atoms with Crippen molar-refractivity contribution < 1.29 is 22.7 Å². The first kappa shape index (κ1) is 21.9. The van der Waals surface area contributed by atoms with E-state index in [-0.39, 0.29) is 17.9 Å². The number of ether oxygens (including phenoxy) is 1. The summed E-state index contributed by atoms with van der Waals surface area (Å²) >= 11 is 5.96. The van der Waals surface area contributed by atoms with Crippen LogP contribution in [0.25, 0.3) is 0 Å². The molecule has 0 aromatic heterocycles. The van der Waals surface area contributed by atoms with Crippen molar-refractivity contribution in [2.45, 2.75) is 64.0 Å². The lowest BCUT2D eigenvalue weighted by molar-refractivity contribution is -0.144. The maximum absolute atomic E-state index is 13.0. The highest BCUT2D eigenvalue weighted by Crippen LogP contribution is 2.37. The highest BCUT2D eigenvalue weighted by molar-refractivity contribution is 6.17. The van der Waals surface area contributed by atoms with Crippen LogP contribution in [0.3, 0.4) is 0 Å². The Bertz CT molecular complexity index is 628. The first-order valence-electron chi connectivity index (χ1n) is 9.48. The number of hydrogen-bond donors (Lipinski definition) is 0. The number of esters is 1. The van der Waals surface area contributed by atoms with Gasteiger partial charge in [-0.2, -0.15) is 13.2 Å². The quantitative estimate of drug-likeness (QED) is 0.425. The third-order valence-electron chi connectivity index (χ3n) is 5.22. The number of nitrogens with zero attached hydrogens (tertiary/aromatic N) is 1. The second-order valence-electron chi connectivity index (χ2n) is 6.94. The van der Waals surface area contributed by atoms with Crippen LogP contribution in [0.15, 0.2) is 18.2 Å². The Morgan fingerprint density at radius 3 is 2.41 bits per heavy atom. The van der Waals surface area contributed by atoms with Gasteiger partial charge in [-0.15, -0.1) is 11.6 Å². The van der Waals surface area contributed by atoms with Gasteiger partial charge in [0.1, 0.15) is 0 Å². The molecule has 0 saturated heterocycles. The van der Waals surface area contributed by atoms with E-state index in [0.29, 0.717) is 31.1 Å². The normalized spacial score (nSPS) is 20.4. The van der Waals surface area contributed by atoms with Crippen LogP contribution in [0.5, 0.6) is 0 Å². The number of hydrogen-bond acceptors (Lipinski definition) is 3. The lowest BCUT2D eigenvalue weighted by atomic mass is 9.83. The van der Waals surface area contributed by atoms with Gasteiger partial charge in [-0.1, -0.05) is 0 Å². The Balaban J connectivity index is 2.08. The predicted octanol–water partition coefficient (Wildman–Crippen LogP) is 5.78. The molecule has 0 heterocycles. The van der Waals surface area contributed by atoms with Gasteiger partial charge in [-0.3, -0.25) is 4.79 Å². The van der Waals surface area contributed by atoms with Gasteiger partial charge in [0.2, 0.25) is 0 Å². The van der Waals surface area contributed by atoms with Crippen molar-refractivity contribution in [2.24, 2.45) is 5.92 Å². The van der Waals surface area contributed by atoms with Crippen LogP contribution >= 0.6 is 11.6 Å². The van der Waals surface area contributed by atoms with Crippen LogP contribution < -0.4 is 4.90 Å². The molecule has 1 aliphatic carbocycles. The molecule has 1 aliphatic rings. The molecule has 27 heavy (non-hydrogen) atoms. The average molecular weight is 406 g/mol. The molecular formula is C20H27ClF3NO2. The van der Waals surface area contributed by atoms with Gasteiger partial charge in [0, 0.05) is 30.6 Å². The molecule has 0 spiro atoms. The molecule has 0 amide bonds. The summed E-state index contributed by atoms with van der Waals surface area (Å²) in [5.41, 5.74) is 0.604.